The second kappa shape index (κ2) is 6.44. The molecule has 0 saturated carbocycles. The SMILES string of the molecule is Cn1cc(C=C2SC(=Nc3ccccc3Cl)NC2=O)ccc1=O. The summed E-state index contributed by atoms with van der Waals surface area (Å²) in [5.74, 6) is -0.227. The number of pyridine rings is 1. The van der Waals surface area contributed by atoms with Crippen molar-refractivity contribution in [2.24, 2.45) is 12.0 Å². The summed E-state index contributed by atoms with van der Waals surface area (Å²) in [6.07, 6.45) is 3.39. The number of aryl methyl sites for hydroxylation is 1. The second-order valence-electron chi connectivity index (χ2n) is 4.84. The van der Waals surface area contributed by atoms with Crippen LogP contribution in [-0.4, -0.2) is 15.6 Å². The van der Waals surface area contributed by atoms with E-state index in [1.807, 2.05) is 12.1 Å². The summed E-state index contributed by atoms with van der Waals surface area (Å²) in [7, 11) is 1.66. The molecule has 0 aliphatic carbocycles. The maximum atomic E-state index is 12.0. The van der Waals surface area contributed by atoms with Gasteiger partial charge in [0.05, 0.1) is 15.6 Å². The molecule has 1 aliphatic rings. The van der Waals surface area contributed by atoms with Gasteiger partial charge in [-0.15, -0.1) is 0 Å². The van der Waals surface area contributed by atoms with Crippen molar-refractivity contribution in [3.05, 3.63) is 68.4 Å². The minimum atomic E-state index is -0.227. The van der Waals surface area contributed by atoms with E-state index in [-0.39, 0.29) is 11.5 Å². The Balaban J connectivity index is 1.88. The molecule has 0 unspecified atom stereocenters. The quantitative estimate of drug-likeness (QED) is 0.851. The van der Waals surface area contributed by atoms with Crippen LogP contribution in [0.25, 0.3) is 6.08 Å². The largest absolute Gasteiger partial charge is 0.318 e. The van der Waals surface area contributed by atoms with Crippen LogP contribution in [0.5, 0.6) is 0 Å². The van der Waals surface area contributed by atoms with E-state index in [1.165, 1.54) is 22.4 Å². The third-order valence-electron chi connectivity index (χ3n) is 3.13. The monoisotopic (exact) mass is 345 g/mol. The fourth-order valence-electron chi connectivity index (χ4n) is 1.98. The van der Waals surface area contributed by atoms with Crippen molar-refractivity contribution in [2.45, 2.75) is 0 Å². The molecule has 5 nitrogen and oxygen atoms in total. The van der Waals surface area contributed by atoms with Crippen molar-refractivity contribution in [1.29, 1.82) is 0 Å². The number of nitrogens with zero attached hydrogens (tertiary/aromatic N) is 2. The predicted octanol–water partition coefficient (Wildman–Crippen LogP) is 2.93. The first-order valence-corrected chi connectivity index (χ1v) is 7.93. The molecular weight excluding hydrogens is 334 g/mol. The van der Waals surface area contributed by atoms with E-state index in [1.54, 1.807) is 37.5 Å². The van der Waals surface area contributed by atoms with Gasteiger partial charge in [-0.2, -0.15) is 0 Å². The molecule has 0 atom stereocenters. The van der Waals surface area contributed by atoms with E-state index in [0.717, 1.165) is 5.56 Å². The van der Waals surface area contributed by atoms with Gasteiger partial charge < -0.3 is 9.88 Å². The maximum Gasteiger partial charge on any atom is 0.264 e. The van der Waals surface area contributed by atoms with Crippen LogP contribution in [0, 0.1) is 0 Å². The molecule has 1 fully saturated rings. The third kappa shape index (κ3) is 3.55. The number of carbonyl (C=O) groups excluding carboxylic acids is 1. The van der Waals surface area contributed by atoms with E-state index >= 15 is 0 Å². The number of amidine groups is 1. The molecule has 2 heterocycles. The molecule has 1 aromatic carbocycles. The van der Waals surface area contributed by atoms with Crippen LogP contribution in [-0.2, 0) is 11.8 Å². The molecule has 1 saturated heterocycles. The fourth-order valence-corrected chi connectivity index (χ4v) is 3.00. The van der Waals surface area contributed by atoms with E-state index in [2.05, 4.69) is 10.3 Å². The molecule has 0 bridgehead atoms. The number of para-hydroxylation sites is 1. The van der Waals surface area contributed by atoms with Crippen molar-refractivity contribution in [2.75, 3.05) is 0 Å². The standard InChI is InChI=1S/C16H12ClN3O2S/c1-20-9-10(6-7-14(20)21)8-13-15(22)19-16(23-13)18-12-5-3-2-4-11(12)17/h2-9H,1H3,(H,18,19,22). The van der Waals surface area contributed by atoms with Gasteiger partial charge in [-0.1, -0.05) is 23.7 Å². The van der Waals surface area contributed by atoms with Gasteiger partial charge in [0.1, 0.15) is 0 Å². The normalized spacial score (nSPS) is 17.7. The lowest BCUT2D eigenvalue weighted by molar-refractivity contribution is -0.115. The van der Waals surface area contributed by atoms with Crippen LogP contribution in [0.4, 0.5) is 5.69 Å². The van der Waals surface area contributed by atoms with Crippen LogP contribution in [0.15, 0.2) is 57.3 Å². The van der Waals surface area contributed by atoms with Crippen molar-refractivity contribution < 1.29 is 4.79 Å². The molecule has 1 aliphatic heterocycles. The van der Waals surface area contributed by atoms with Crippen molar-refractivity contribution >= 4 is 46.2 Å². The molecule has 23 heavy (non-hydrogen) atoms. The summed E-state index contributed by atoms with van der Waals surface area (Å²) in [5.41, 5.74) is 1.26. The summed E-state index contributed by atoms with van der Waals surface area (Å²) in [4.78, 5) is 28.3. The number of nitrogens with one attached hydrogen (secondary N) is 1. The summed E-state index contributed by atoms with van der Waals surface area (Å²) in [6.45, 7) is 0. The van der Waals surface area contributed by atoms with Crippen LogP contribution in [0.2, 0.25) is 5.02 Å². The number of aliphatic imine (C=N–C) groups is 1. The van der Waals surface area contributed by atoms with Crippen LogP contribution in [0.3, 0.4) is 0 Å². The molecule has 1 N–H and O–H groups in total. The Bertz CT molecular complexity index is 902. The Kier molecular flexibility index (Phi) is 4.36. The number of aromatic nitrogens is 1. The number of amides is 1. The van der Waals surface area contributed by atoms with Crippen LogP contribution in [0.1, 0.15) is 5.56 Å². The van der Waals surface area contributed by atoms with Gasteiger partial charge in [0.25, 0.3) is 5.91 Å². The topological polar surface area (TPSA) is 63.5 Å². The predicted molar refractivity (Wildman–Crippen MR) is 93.9 cm³/mol. The van der Waals surface area contributed by atoms with Crippen LogP contribution < -0.4 is 10.9 Å². The van der Waals surface area contributed by atoms with Crippen molar-refractivity contribution in [3.8, 4) is 0 Å². The molecule has 1 amide bonds. The smallest absolute Gasteiger partial charge is 0.264 e. The van der Waals surface area contributed by atoms with Crippen molar-refractivity contribution in [3.63, 3.8) is 0 Å². The summed E-state index contributed by atoms with van der Waals surface area (Å²) in [5, 5.41) is 3.69. The first kappa shape index (κ1) is 15.6. The van der Waals surface area contributed by atoms with E-state index in [0.29, 0.717) is 20.8 Å². The highest BCUT2D eigenvalue weighted by molar-refractivity contribution is 8.18. The number of halogens is 1. The summed E-state index contributed by atoms with van der Waals surface area (Å²) >= 11 is 7.29. The molecule has 0 radical (unpaired) electrons. The highest BCUT2D eigenvalue weighted by Crippen LogP contribution is 2.30. The van der Waals surface area contributed by atoms with Gasteiger partial charge >= 0.3 is 0 Å². The van der Waals surface area contributed by atoms with E-state index in [4.69, 9.17) is 11.6 Å². The molecule has 0 spiro atoms. The number of rotatable bonds is 2. The lowest BCUT2D eigenvalue weighted by Crippen LogP contribution is -2.19. The van der Waals surface area contributed by atoms with Crippen LogP contribution >= 0.6 is 23.4 Å². The van der Waals surface area contributed by atoms with Gasteiger partial charge in [-0.25, -0.2) is 4.99 Å². The molecule has 1 aromatic heterocycles. The average Bonchev–Trinajstić information content (AvgIpc) is 2.85. The Labute approximate surface area is 141 Å². The number of hydrogen-bond donors (Lipinski definition) is 1. The van der Waals surface area contributed by atoms with E-state index < -0.39 is 0 Å². The highest BCUT2D eigenvalue weighted by Gasteiger charge is 2.24. The van der Waals surface area contributed by atoms with Gasteiger partial charge in [0.15, 0.2) is 5.17 Å². The number of carbonyl (C=O) groups is 1. The second-order valence-corrected chi connectivity index (χ2v) is 6.28. The third-order valence-corrected chi connectivity index (χ3v) is 4.36. The number of thioether (sulfide) groups is 1. The minimum Gasteiger partial charge on any atom is -0.318 e. The van der Waals surface area contributed by atoms with Crippen molar-refractivity contribution in [1.82, 2.24) is 9.88 Å². The zero-order valence-corrected chi connectivity index (χ0v) is 13.7. The van der Waals surface area contributed by atoms with E-state index in [9.17, 15) is 9.59 Å². The molecular formula is C16H12ClN3O2S. The number of benzene rings is 1. The Hall–Kier alpha value is -2.31. The first-order valence-electron chi connectivity index (χ1n) is 6.74. The zero-order chi connectivity index (χ0) is 16.4. The lowest BCUT2D eigenvalue weighted by Gasteiger charge is -1.99. The maximum absolute atomic E-state index is 12.0. The van der Waals surface area contributed by atoms with Gasteiger partial charge in [-0.3, -0.25) is 9.59 Å². The van der Waals surface area contributed by atoms with Gasteiger partial charge in [-0.05, 0) is 41.6 Å². The number of hydrogen-bond acceptors (Lipinski definition) is 4. The first-order chi connectivity index (χ1) is 11.0. The Morgan fingerprint density at radius 1 is 1.22 bits per heavy atom. The molecule has 7 heteroatoms. The lowest BCUT2D eigenvalue weighted by atomic mass is 10.2. The fraction of sp³-hybridized carbons (Fsp3) is 0.0625. The highest BCUT2D eigenvalue weighted by atomic mass is 35.5. The molecule has 3 rings (SSSR count). The zero-order valence-electron chi connectivity index (χ0n) is 12.1. The van der Waals surface area contributed by atoms with Gasteiger partial charge in [0.2, 0.25) is 5.56 Å². The molecule has 116 valence electrons. The Morgan fingerprint density at radius 2 is 2.00 bits per heavy atom. The summed E-state index contributed by atoms with van der Waals surface area (Å²) < 4.78 is 1.46. The Morgan fingerprint density at radius 3 is 2.74 bits per heavy atom. The average molecular weight is 346 g/mol. The minimum absolute atomic E-state index is 0.100. The molecule has 2 aromatic rings. The van der Waals surface area contributed by atoms with Gasteiger partial charge in [0, 0.05) is 19.3 Å². The summed E-state index contributed by atoms with van der Waals surface area (Å²) in [6, 6.07) is 10.3.